The molecule has 0 bridgehead atoms. The lowest BCUT2D eigenvalue weighted by Crippen LogP contribution is -2.40. The summed E-state index contributed by atoms with van der Waals surface area (Å²) in [4.78, 5) is 1.74. The van der Waals surface area contributed by atoms with Gasteiger partial charge in [-0.1, -0.05) is 19.1 Å². The maximum atomic E-state index is 14.6. The molecule has 2 aromatic rings. The van der Waals surface area contributed by atoms with Crippen molar-refractivity contribution in [1.29, 1.82) is 0 Å². The van der Waals surface area contributed by atoms with E-state index in [0.717, 1.165) is 24.9 Å². The third kappa shape index (κ3) is 4.13. The maximum absolute atomic E-state index is 14.6. The van der Waals surface area contributed by atoms with Crippen LogP contribution in [0.2, 0.25) is 0 Å². The minimum atomic E-state index is -4.21. The number of hydrogen-bond acceptors (Lipinski definition) is 4. The molecule has 2 aliphatic heterocycles. The zero-order valence-corrected chi connectivity index (χ0v) is 17.5. The molecule has 0 radical (unpaired) electrons. The summed E-state index contributed by atoms with van der Waals surface area (Å²) in [6, 6.07) is 8.87. The van der Waals surface area contributed by atoms with Crippen molar-refractivity contribution in [2.24, 2.45) is 5.92 Å². The average Bonchev–Trinajstić information content (AvgIpc) is 2.67. The number of halogens is 3. The Balaban J connectivity index is 1.74. The Morgan fingerprint density at radius 2 is 1.83 bits per heavy atom. The van der Waals surface area contributed by atoms with Gasteiger partial charge in [-0.2, -0.15) is 0 Å². The summed E-state index contributed by atoms with van der Waals surface area (Å²) in [7, 11) is 1.15. The highest BCUT2D eigenvalue weighted by atomic mass is 35.7. The topological polar surface area (TPSA) is 46.6 Å². The molecule has 2 heterocycles. The Labute approximate surface area is 173 Å². The number of ether oxygens (including phenoxy) is 1. The van der Waals surface area contributed by atoms with Crippen LogP contribution in [0.15, 0.2) is 41.3 Å². The summed E-state index contributed by atoms with van der Waals surface area (Å²) < 4.78 is 56.9. The maximum Gasteiger partial charge on any atom is 0.264 e. The first-order chi connectivity index (χ1) is 13.7. The molecule has 4 rings (SSSR count). The monoisotopic (exact) mass is 441 g/mol. The van der Waals surface area contributed by atoms with Crippen LogP contribution in [-0.2, 0) is 9.05 Å². The van der Waals surface area contributed by atoms with Gasteiger partial charge in [-0.3, -0.25) is 4.90 Å². The molecule has 0 saturated carbocycles. The van der Waals surface area contributed by atoms with Crippen LogP contribution in [0, 0.1) is 17.6 Å². The van der Waals surface area contributed by atoms with Crippen molar-refractivity contribution < 1.29 is 21.9 Å². The zero-order valence-electron chi connectivity index (χ0n) is 15.9. The first-order valence-electron chi connectivity index (χ1n) is 9.66. The average molecular weight is 442 g/mol. The van der Waals surface area contributed by atoms with Gasteiger partial charge in [0.25, 0.3) is 9.05 Å². The van der Waals surface area contributed by atoms with Gasteiger partial charge in [0.15, 0.2) is 0 Å². The Kier molecular flexibility index (Phi) is 5.57. The fourth-order valence-electron chi connectivity index (χ4n) is 4.45. The summed E-state index contributed by atoms with van der Waals surface area (Å²) in [6.07, 6.45) is 2.57. The SMILES string of the molecule is C[C@@H]1CCN([C@H]2CCOc3cc(S(=O)(=O)Cl)c(F)cc32)[C@H](c2ccc(F)cc2)C1. The number of fused-ring (bicyclic) bond motifs is 1. The molecule has 1 fully saturated rings. The Hall–Kier alpha value is -1.70. The molecule has 1 saturated heterocycles. The van der Waals surface area contributed by atoms with E-state index in [2.05, 4.69) is 11.8 Å². The Bertz CT molecular complexity index is 1010. The number of nitrogens with zero attached hydrogens (tertiary/aromatic N) is 1. The lowest BCUT2D eigenvalue weighted by molar-refractivity contribution is 0.0485. The molecule has 4 nitrogen and oxygen atoms in total. The summed E-state index contributed by atoms with van der Waals surface area (Å²) in [5, 5.41) is 0. The predicted molar refractivity (Wildman–Crippen MR) is 107 cm³/mol. The van der Waals surface area contributed by atoms with E-state index in [-0.39, 0.29) is 17.9 Å². The van der Waals surface area contributed by atoms with Crippen LogP contribution >= 0.6 is 10.7 Å². The zero-order chi connectivity index (χ0) is 20.8. The standard InChI is InChI=1S/C21H22ClF2NO3S/c1-13-6-8-25(19(10-13)14-2-4-15(23)5-3-14)18-7-9-28-20-12-21(29(22,26)27)17(24)11-16(18)20/h2-5,11-13,18-19H,6-10H2,1H3/t13-,18+,19+/m1/s1. The largest absolute Gasteiger partial charge is 0.493 e. The molecule has 2 aliphatic rings. The van der Waals surface area contributed by atoms with Gasteiger partial charge in [0.2, 0.25) is 0 Å². The van der Waals surface area contributed by atoms with Crippen molar-refractivity contribution in [3.8, 4) is 5.75 Å². The van der Waals surface area contributed by atoms with E-state index in [0.29, 0.717) is 30.3 Å². The van der Waals surface area contributed by atoms with Crippen molar-refractivity contribution in [2.45, 2.75) is 43.2 Å². The molecule has 0 amide bonds. The molecule has 156 valence electrons. The first kappa shape index (κ1) is 20.6. The highest BCUT2D eigenvalue weighted by molar-refractivity contribution is 8.13. The molecule has 0 aromatic heterocycles. The molecule has 0 N–H and O–H groups in total. The number of hydrogen-bond donors (Lipinski definition) is 0. The summed E-state index contributed by atoms with van der Waals surface area (Å²) in [5.74, 6) is -0.296. The molecule has 0 aliphatic carbocycles. The number of benzene rings is 2. The van der Waals surface area contributed by atoms with Crippen molar-refractivity contribution in [3.05, 3.63) is 59.2 Å². The van der Waals surface area contributed by atoms with Gasteiger partial charge in [-0.15, -0.1) is 0 Å². The second kappa shape index (κ2) is 7.85. The fourth-order valence-corrected chi connectivity index (χ4v) is 5.34. The van der Waals surface area contributed by atoms with Gasteiger partial charge in [0.1, 0.15) is 22.3 Å². The van der Waals surface area contributed by atoms with Gasteiger partial charge >= 0.3 is 0 Å². The second-order valence-corrected chi connectivity index (χ2v) is 10.4. The first-order valence-corrected chi connectivity index (χ1v) is 12.0. The lowest BCUT2D eigenvalue weighted by Gasteiger charge is -2.45. The number of piperidine rings is 1. The van der Waals surface area contributed by atoms with E-state index in [1.54, 1.807) is 12.1 Å². The highest BCUT2D eigenvalue weighted by Crippen LogP contribution is 2.45. The van der Waals surface area contributed by atoms with Crippen LogP contribution in [0.5, 0.6) is 5.75 Å². The van der Waals surface area contributed by atoms with Gasteiger partial charge < -0.3 is 4.74 Å². The van der Waals surface area contributed by atoms with Crippen LogP contribution < -0.4 is 4.74 Å². The number of likely N-dealkylation sites (tertiary alicyclic amines) is 1. The molecule has 0 unspecified atom stereocenters. The van der Waals surface area contributed by atoms with Crippen LogP contribution in [0.25, 0.3) is 0 Å². The van der Waals surface area contributed by atoms with Crippen LogP contribution in [0.1, 0.15) is 49.4 Å². The van der Waals surface area contributed by atoms with Gasteiger partial charge in [-0.25, -0.2) is 17.2 Å². The van der Waals surface area contributed by atoms with Gasteiger partial charge in [0, 0.05) is 40.8 Å². The van der Waals surface area contributed by atoms with Crippen LogP contribution in [-0.4, -0.2) is 26.5 Å². The minimum absolute atomic E-state index is 0.0646. The van der Waals surface area contributed by atoms with E-state index in [9.17, 15) is 17.2 Å². The Morgan fingerprint density at radius 1 is 1.10 bits per heavy atom. The second-order valence-electron chi connectivity index (χ2n) is 7.85. The van der Waals surface area contributed by atoms with Crippen LogP contribution in [0.3, 0.4) is 0 Å². The molecule has 29 heavy (non-hydrogen) atoms. The van der Waals surface area contributed by atoms with Crippen molar-refractivity contribution in [3.63, 3.8) is 0 Å². The van der Waals surface area contributed by atoms with E-state index >= 15 is 0 Å². The fraction of sp³-hybridized carbons (Fsp3) is 0.429. The van der Waals surface area contributed by atoms with E-state index < -0.39 is 19.8 Å². The predicted octanol–water partition coefficient (Wildman–Crippen LogP) is 5.19. The molecular weight excluding hydrogens is 420 g/mol. The van der Waals surface area contributed by atoms with Crippen molar-refractivity contribution in [2.75, 3.05) is 13.2 Å². The molecule has 8 heteroatoms. The normalized spacial score (nSPS) is 25.3. The Morgan fingerprint density at radius 3 is 2.52 bits per heavy atom. The summed E-state index contributed by atoms with van der Waals surface area (Å²) >= 11 is 0. The molecule has 0 spiro atoms. The van der Waals surface area contributed by atoms with Crippen LogP contribution in [0.4, 0.5) is 8.78 Å². The van der Waals surface area contributed by atoms with Crippen molar-refractivity contribution in [1.82, 2.24) is 4.90 Å². The van der Waals surface area contributed by atoms with E-state index in [1.807, 2.05) is 0 Å². The number of rotatable bonds is 3. The summed E-state index contributed by atoms with van der Waals surface area (Å²) in [5.41, 5.74) is 1.64. The van der Waals surface area contributed by atoms with Gasteiger partial charge in [-0.05, 0) is 49.1 Å². The third-order valence-corrected chi connectivity index (χ3v) is 7.23. The highest BCUT2D eigenvalue weighted by Gasteiger charge is 2.37. The molecule has 3 atom stereocenters. The smallest absolute Gasteiger partial charge is 0.264 e. The lowest BCUT2D eigenvalue weighted by atomic mass is 9.85. The molecular formula is C21H22ClF2NO3S. The van der Waals surface area contributed by atoms with Crippen molar-refractivity contribution >= 4 is 19.7 Å². The van der Waals surface area contributed by atoms with E-state index in [1.165, 1.54) is 24.3 Å². The summed E-state index contributed by atoms with van der Waals surface area (Å²) in [6.45, 7) is 3.40. The third-order valence-electron chi connectivity index (χ3n) is 5.90. The quantitative estimate of drug-likeness (QED) is 0.615. The molecule has 2 aromatic carbocycles. The minimum Gasteiger partial charge on any atom is -0.493 e. The van der Waals surface area contributed by atoms with Gasteiger partial charge in [0.05, 0.1) is 6.61 Å². The van der Waals surface area contributed by atoms with E-state index in [4.69, 9.17) is 15.4 Å².